The molecule has 2 rings (SSSR count). The molecule has 7 heteroatoms. The molecule has 1 aromatic heterocycles. The first-order chi connectivity index (χ1) is 9.53. The van der Waals surface area contributed by atoms with E-state index in [2.05, 4.69) is 9.71 Å². The molecule has 0 bridgehead atoms. The second-order valence-electron chi connectivity index (χ2n) is 4.14. The van der Waals surface area contributed by atoms with Crippen molar-refractivity contribution in [2.45, 2.75) is 11.3 Å². The van der Waals surface area contributed by atoms with Crippen LogP contribution in [0.3, 0.4) is 0 Å². The van der Waals surface area contributed by atoms with Crippen LogP contribution in [0.5, 0.6) is 0 Å². The minimum absolute atomic E-state index is 0.0643. The summed E-state index contributed by atoms with van der Waals surface area (Å²) in [5.41, 5.74) is 6.24. The lowest BCUT2D eigenvalue weighted by molar-refractivity contribution is 0.598. The zero-order chi connectivity index (χ0) is 14.6. The van der Waals surface area contributed by atoms with Crippen LogP contribution in [-0.4, -0.2) is 19.9 Å². The Morgan fingerprint density at radius 1 is 1.20 bits per heavy atom. The zero-order valence-corrected chi connectivity index (χ0v) is 11.4. The molecule has 106 valence electrons. The SMILES string of the molecule is NCCc1ccc(S(=O)(=O)Nc2ccncc2F)cc1. The Morgan fingerprint density at radius 3 is 2.50 bits per heavy atom. The molecule has 0 saturated heterocycles. The van der Waals surface area contributed by atoms with Crippen molar-refractivity contribution in [1.29, 1.82) is 0 Å². The van der Waals surface area contributed by atoms with E-state index in [1.54, 1.807) is 12.1 Å². The molecule has 3 N–H and O–H groups in total. The highest BCUT2D eigenvalue weighted by atomic mass is 32.2. The van der Waals surface area contributed by atoms with Crippen LogP contribution in [0.1, 0.15) is 5.56 Å². The first-order valence-electron chi connectivity index (χ1n) is 5.94. The molecule has 0 spiro atoms. The van der Waals surface area contributed by atoms with Gasteiger partial charge in [-0.05, 0) is 36.7 Å². The monoisotopic (exact) mass is 295 g/mol. The van der Waals surface area contributed by atoms with Gasteiger partial charge in [-0.15, -0.1) is 0 Å². The van der Waals surface area contributed by atoms with E-state index in [4.69, 9.17) is 5.73 Å². The van der Waals surface area contributed by atoms with Gasteiger partial charge < -0.3 is 5.73 Å². The molecule has 2 aromatic rings. The molecule has 0 aliphatic rings. The Hall–Kier alpha value is -1.99. The van der Waals surface area contributed by atoms with Gasteiger partial charge in [-0.2, -0.15) is 0 Å². The molecule has 0 aliphatic carbocycles. The number of hydrogen-bond acceptors (Lipinski definition) is 4. The molecule has 0 amide bonds. The van der Waals surface area contributed by atoms with Crippen LogP contribution >= 0.6 is 0 Å². The van der Waals surface area contributed by atoms with Crippen molar-refractivity contribution in [3.8, 4) is 0 Å². The molecule has 0 radical (unpaired) electrons. The Morgan fingerprint density at radius 2 is 1.90 bits per heavy atom. The van der Waals surface area contributed by atoms with Crippen LogP contribution in [0.15, 0.2) is 47.6 Å². The summed E-state index contributed by atoms with van der Waals surface area (Å²) in [4.78, 5) is 3.62. The van der Waals surface area contributed by atoms with Gasteiger partial charge in [-0.3, -0.25) is 9.71 Å². The number of sulfonamides is 1. The second-order valence-corrected chi connectivity index (χ2v) is 5.83. The topological polar surface area (TPSA) is 85.1 Å². The summed E-state index contributed by atoms with van der Waals surface area (Å²) in [5.74, 6) is -0.726. The zero-order valence-electron chi connectivity index (χ0n) is 10.6. The Kier molecular flexibility index (Phi) is 4.31. The molecule has 20 heavy (non-hydrogen) atoms. The molecule has 0 aliphatic heterocycles. The van der Waals surface area contributed by atoms with E-state index < -0.39 is 15.8 Å². The van der Waals surface area contributed by atoms with Crippen LogP contribution in [0.2, 0.25) is 0 Å². The fraction of sp³-hybridized carbons (Fsp3) is 0.154. The normalized spacial score (nSPS) is 11.3. The standard InChI is InChI=1S/C13H14FN3O2S/c14-12-9-16-8-6-13(12)17-20(18,19)11-3-1-10(2-4-11)5-7-15/h1-4,6,8-9H,5,7,15H2,(H,16,17). The van der Waals surface area contributed by atoms with Crippen molar-refractivity contribution in [2.24, 2.45) is 5.73 Å². The Balaban J connectivity index is 2.24. The number of halogens is 1. The van der Waals surface area contributed by atoms with Crippen molar-refractivity contribution in [2.75, 3.05) is 11.3 Å². The molecule has 1 heterocycles. The van der Waals surface area contributed by atoms with Gasteiger partial charge in [0.2, 0.25) is 0 Å². The van der Waals surface area contributed by atoms with E-state index >= 15 is 0 Å². The van der Waals surface area contributed by atoms with E-state index in [0.29, 0.717) is 13.0 Å². The van der Waals surface area contributed by atoms with Gasteiger partial charge in [0.1, 0.15) is 0 Å². The van der Waals surface area contributed by atoms with Crippen molar-refractivity contribution in [3.63, 3.8) is 0 Å². The van der Waals surface area contributed by atoms with Gasteiger partial charge in [0.05, 0.1) is 16.8 Å². The second kappa shape index (κ2) is 5.98. The number of anilines is 1. The summed E-state index contributed by atoms with van der Waals surface area (Å²) in [6.45, 7) is 0.493. The number of benzene rings is 1. The molecule has 0 atom stereocenters. The number of aromatic nitrogens is 1. The maximum absolute atomic E-state index is 13.4. The highest BCUT2D eigenvalue weighted by Gasteiger charge is 2.15. The highest BCUT2D eigenvalue weighted by Crippen LogP contribution is 2.18. The van der Waals surface area contributed by atoms with Crippen molar-refractivity contribution >= 4 is 15.7 Å². The molecular formula is C13H14FN3O2S. The highest BCUT2D eigenvalue weighted by molar-refractivity contribution is 7.92. The van der Waals surface area contributed by atoms with Crippen molar-refractivity contribution in [1.82, 2.24) is 4.98 Å². The Bertz CT molecular complexity index is 687. The summed E-state index contributed by atoms with van der Waals surface area (Å²) in [6.07, 6.45) is 2.93. The smallest absolute Gasteiger partial charge is 0.261 e. The summed E-state index contributed by atoms with van der Waals surface area (Å²) >= 11 is 0. The summed E-state index contributed by atoms with van der Waals surface area (Å²) < 4.78 is 39.8. The largest absolute Gasteiger partial charge is 0.330 e. The van der Waals surface area contributed by atoms with Crippen LogP contribution in [-0.2, 0) is 16.4 Å². The number of nitrogens with one attached hydrogen (secondary N) is 1. The Labute approximate surface area is 116 Å². The third-order valence-electron chi connectivity index (χ3n) is 2.68. The van der Waals surface area contributed by atoms with E-state index in [9.17, 15) is 12.8 Å². The number of nitrogens with zero attached hydrogens (tertiary/aromatic N) is 1. The lowest BCUT2D eigenvalue weighted by atomic mass is 10.2. The first kappa shape index (κ1) is 14.4. The minimum Gasteiger partial charge on any atom is -0.330 e. The summed E-state index contributed by atoms with van der Waals surface area (Å²) in [7, 11) is -3.82. The van der Waals surface area contributed by atoms with E-state index in [-0.39, 0.29) is 10.6 Å². The summed E-state index contributed by atoms with van der Waals surface area (Å²) in [5, 5.41) is 0. The number of pyridine rings is 1. The number of hydrogen-bond donors (Lipinski definition) is 2. The predicted molar refractivity (Wildman–Crippen MR) is 74.2 cm³/mol. The third kappa shape index (κ3) is 3.31. The fourth-order valence-corrected chi connectivity index (χ4v) is 2.73. The van der Waals surface area contributed by atoms with E-state index in [1.807, 2.05) is 0 Å². The quantitative estimate of drug-likeness (QED) is 0.876. The molecule has 0 saturated carbocycles. The first-order valence-corrected chi connectivity index (χ1v) is 7.42. The van der Waals surface area contributed by atoms with Gasteiger partial charge >= 0.3 is 0 Å². The average molecular weight is 295 g/mol. The van der Waals surface area contributed by atoms with Gasteiger partial charge in [0, 0.05) is 6.20 Å². The minimum atomic E-state index is -3.82. The average Bonchev–Trinajstić information content (AvgIpc) is 2.42. The predicted octanol–water partition coefficient (Wildman–Crippen LogP) is 1.52. The van der Waals surface area contributed by atoms with E-state index in [0.717, 1.165) is 11.8 Å². The van der Waals surface area contributed by atoms with Crippen LogP contribution < -0.4 is 10.5 Å². The van der Waals surface area contributed by atoms with Crippen LogP contribution in [0.25, 0.3) is 0 Å². The molecule has 0 fully saturated rings. The lowest BCUT2D eigenvalue weighted by Gasteiger charge is -2.09. The maximum atomic E-state index is 13.4. The van der Waals surface area contributed by atoms with Crippen LogP contribution in [0, 0.1) is 5.82 Å². The molecule has 1 aromatic carbocycles. The van der Waals surface area contributed by atoms with E-state index in [1.165, 1.54) is 24.4 Å². The van der Waals surface area contributed by atoms with Gasteiger partial charge in [0.15, 0.2) is 5.82 Å². The van der Waals surface area contributed by atoms with Crippen molar-refractivity contribution < 1.29 is 12.8 Å². The fourth-order valence-electron chi connectivity index (χ4n) is 1.66. The lowest BCUT2D eigenvalue weighted by Crippen LogP contribution is -2.14. The maximum Gasteiger partial charge on any atom is 0.261 e. The molecular weight excluding hydrogens is 281 g/mol. The van der Waals surface area contributed by atoms with Gasteiger partial charge in [-0.25, -0.2) is 12.8 Å². The third-order valence-corrected chi connectivity index (χ3v) is 4.06. The number of rotatable bonds is 5. The van der Waals surface area contributed by atoms with Gasteiger partial charge in [0.25, 0.3) is 10.0 Å². The van der Waals surface area contributed by atoms with Crippen LogP contribution in [0.4, 0.5) is 10.1 Å². The molecule has 5 nitrogen and oxygen atoms in total. The summed E-state index contributed by atoms with van der Waals surface area (Å²) in [6, 6.07) is 7.56. The number of nitrogens with two attached hydrogens (primary N) is 1. The van der Waals surface area contributed by atoms with Gasteiger partial charge in [-0.1, -0.05) is 12.1 Å². The van der Waals surface area contributed by atoms with Crippen molar-refractivity contribution in [3.05, 3.63) is 54.1 Å². The molecule has 0 unspecified atom stereocenters.